The van der Waals surface area contributed by atoms with Crippen LogP contribution in [0.15, 0.2) is 35.6 Å². The SMILES string of the molecule is CN1CCNC(CNC(=O)C2=CN(c3ccnc4[nH]ccc34)CCS2)C1.Cl.Cl. The zero-order chi connectivity index (χ0) is 17.9. The number of nitrogens with one attached hydrogen (secondary N) is 3. The molecule has 2 aliphatic heterocycles. The lowest BCUT2D eigenvalue weighted by atomic mass is 10.2. The number of hydrogen-bond acceptors (Lipinski definition) is 6. The molecule has 0 radical (unpaired) electrons. The number of H-pyrrole nitrogens is 1. The van der Waals surface area contributed by atoms with Crippen molar-refractivity contribution in [2.75, 3.05) is 50.4 Å². The van der Waals surface area contributed by atoms with Gasteiger partial charge in [0.25, 0.3) is 5.91 Å². The predicted octanol–water partition coefficient (Wildman–Crippen LogP) is 1.82. The van der Waals surface area contributed by atoms with Crippen LogP contribution in [0.3, 0.4) is 0 Å². The van der Waals surface area contributed by atoms with Crippen molar-refractivity contribution in [2.45, 2.75) is 6.04 Å². The molecule has 1 atom stereocenters. The number of hydrogen-bond donors (Lipinski definition) is 3. The van der Waals surface area contributed by atoms with Crippen LogP contribution in [0.25, 0.3) is 11.0 Å². The minimum absolute atomic E-state index is 0. The first-order chi connectivity index (χ1) is 12.7. The van der Waals surface area contributed by atoms with E-state index >= 15 is 0 Å². The van der Waals surface area contributed by atoms with E-state index < -0.39 is 0 Å². The van der Waals surface area contributed by atoms with Crippen molar-refractivity contribution in [3.05, 3.63) is 35.6 Å². The van der Waals surface area contributed by atoms with E-state index in [1.165, 1.54) is 0 Å². The Balaban J connectivity index is 0.00000140. The molecule has 4 heterocycles. The van der Waals surface area contributed by atoms with Gasteiger partial charge in [0, 0.05) is 68.5 Å². The molecule has 10 heteroatoms. The Kier molecular flexibility index (Phi) is 8.45. The fourth-order valence-electron chi connectivity index (χ4n) is 3.44. The van der Waals surface area contributed by atoms with Crippen LogP contribution in [-0.2, 0) is 4.79 Å². The average Bonchev–Trinajstić information content (AvgIpc) is 3.15. The van der Waals surface area contributed by atoms with Gasteiger partial charge in [0.1, 0.15) is 5.65 Å². The summed E-state index contributed by atoms with van der Waals surface area (Å²) in [6.45, 7) is 4.51. The molecule has 3 N–H and O–H groups in total. The van der Waals surface area contributed by atoms with Crippen LogP contribution in [0.4, 0.5) is 5.69 Å². The van der Waals surface area contributed by atoms with Gasteiger partial charge >= 0.3 is 0 Å². The summed E-state index contributed by atoms with van der Waals surface area (Å²) in [5.41, 5.74) is 1.95. The summed E-state index contributed by atoms with van der Waals surface area (Å²) in [6, 6.07) is 4.33. The zero-order valence-corrected chi connectivity index (χ0v) is 18.1. The van der Waals surface area contributed by atoms with Gasteiger partial charge in [-0.1, -0.05) is 0 Å². The van der Waals surface area contributed by atoms with Crippen LogP contribution in [0.1, 0.15) is 0 Å². The summed E-state index contributed by atoms with van der Waals surface area (Å²) in [5, 5.41) is 7.61. The van der Waals surface area contributed by atoms with Crippen LogP contribution in [-0.4, -0.2) is 72.3 Å². The number of thioether (sulfide) groups is 1. The van der Waals surface area contributed by atoms with E-state index in [2.05, 4.69) is 37.4 Å². The number of likely N-dealkylation sites (N-methyl/N-ethyl adjacent to an activating group) is 1. The molecule has 2 aromatic rings. The topological polar surface area (TPSA) is 76.3 Å². The third kappa shape index (κ3) is 5.12. The van der Waals surface area contributed by atoms with E-state index in [1.807, 2.05) is 24.5 Å². The third-order valence-electron chi connectivity index (χ3n) is 4.80. The lowest BCUT2D eigenvalue weighted by Gasteiger charge is -2.31. The number of carbonyl (C=O) groups excluding carboxylic acids is 1. The highest BCUT2D eigenvalue weighted by atomic mass is 35.5. The Labute approximate surface area is 181 Å². The van der Waals surface area contributed by atoms with Gasteiger partial charge in [-0.2, -0.15) is 0 Å². The molecule has 2 aliphatic rings. The lowest BCUT2D eigenvalue weighted by Crippen LogP contribution is -2.53. The van der Waals surface area contributed by atoms with Crippen LogP contribution < -0.4 is 15.5 Å². The second-order valence-corrected chi connectivity index (χ2v) is 7.87. The van der Waals surface area contributed by atoms with E-state index in [-0.39, 0.29) is 30.7 Å². The summed E-state index contributed by atoms with van der Waals surface area (Å²) >= 11 is 1.62. The zero-order valence-electron chi connectivity index (χ0n) is 15.7. The maximum atomic E-state index is 12.6. The first kappa shape index (κ1) is 22.8. The van der Waals surface area contributed by atoms with Crippen molar-refractivity contribution in [1.82, 2.24) is 25.5 Å². The number of aromatic amines is 1. The molecule has 28 heavy (non-hydrogen) atoms. The summed E-state index contributed by atoms with van der Waals surface area (Å²) in [6.07, 6.45) is 5.66. The van der Waals surface area contributed by atoms with Crippen molar-refractivity contribution in [2.24, 2.45) is 0 Å². The van der Waals surface area contributed by atoms with E-state index in [0.29, 0.717) is 12.6 Å². The molecule has 0 bridgehead atoms. The van der Waals surface area contributed by atoms with Gasteiger partial charge in [-0.05, 0) is 19.2 Å². The monoisotopic (exact) mass is 444 g/mol. The molecule has 1 saturated heterocycles. The molecule has 7 nitrogen and oxygen atoms in total. The first-order valence-electron chi connectivity index (χ1n) is 8.94. The van der Waals surface area contributed by atoms with E-state index in [4.69, 9.17) is 0 Å². The number of amides is 1. The van der Waals surface area contributed by atoms with Crippen molar-refractivity contribution in [3.63, 3.8) is 0 Å². The summed E-state index contributed by atoms with van der Waals surface area (Å²) in [4.78, 5) is 25.3. The van der Waals surface area contributed by atoms with Gasteiger partial charge in [0.15, 0.2) is 0 Å². The Morgan fingerprint density at radius 2 is 2.21 bits per heavy atom. The van der Waals surface area contributed by atoms with Crippen molar-refractivity contribution >= 4 is 59.2 Å². The molecule has 1 fully saturated rings. The number of rotatable bonds is 4. The maximum Gasteiger partial charge on any atom is 0.259 e. The number of fused-ring (bicyclic) bond motifs is 1. The van der Waals surface area contributed by atoms with Crippen LogP contribution in [0, 0.1) is 0 Å². The Hall–Kier alpha value is -1.45. The largest absolute Gasteiger partial charge is 0.350 e. The second-order valence-electron chi connectivity index (χ2n) is 6.73. The van der Waals surface area contributed by atoms with Crippen molar-refractivity contribution < 1.29 is 4.79 Å². The smallest absolute Gasteiger partial charge is 0.259 e. The van der Waals surface area contributed by atoms with Gasteiger partial charge in [0.05, 0.1) is 10.6 Å². The molecule has 1 unspecified atom stereocenters. The minimum atomic E-state index is 0. The molecule has 1 amide bonds. The Morgan fingerprint density at radius 3 is 3.04 bits per heavy atom. The number of carbonyl (C=O) groups is 1. The summed E-state index contributed by atoms with van der Waals surface area (Å²) in [5.74, 6) is 0.895. The number of halogens is 2. The molecule has 0 aliphatic carbocycles. The molecule has 0 aromatic carbocycles. The van der Waals surface area contributed by atoms with Crippen molar-refractivity contribution in [1.29, 1.82) is 0 Å². The average molecular weight is 445 g/mol. The third-order valence-corrected chi connectivity index (χ3v) is 5.79. The molecule has 0 saturated carbocycles. The second kappa shape index (κ2) is 10.4. The molecule has 4 rings (SSSR count). The minimum Gasteiger partial charge on any atom is -0.350 e. The molecular formula is C18H26Cl2N6OS. The van der Waals surface area contributed by atoms with Crippen molar-refractivity contribution in [3.8, 4) is 0 Å². The predicted molar refractivity (Wildman–Crippen MR) is 121 cm³/mol. The number of aromatic nitrogens is 2. The number of piperazine rings is 1. The molecule has 154 valence electrons. The van der Waals surface area contributed by atoms with E-state index in [9.17, 15) is 4.79 Å². The quantitative estimate of drug-likeness (QED) is 0.667. The fraction of sp³-hybridized carbons (Fsp3) is 0.444. The maximum absolute atomic E-state index is 12.6. The standard InChI is InChI=1S/C18H24N6OS.2ClH/c1-23-7-6-19-13(11-23)10-22-18(25)16-12-24(8-9-26-16)15-3-5-21-17-14(15)2-4-20-17;;/h2-5,12-13,19H,6-11H2,1H3,(H,20,21)(H,22,25);2*1H. The van der Waals surface area contributed by atoms with E-state index in [0.717, 1.165) is 53.6 Å². The first-order valence-corrected chi connectivity index (χ1v) is 9.93. The number of pyridine rings is 1. The molecular weight excluding hydrogens is 419 g/mol. The molecule has 0 spiro atoms. The van der Waals surface area contributed by atoms with Gasteiger partial charge in [0.2, 0.25) is 0 Å². The van der Waals surface area contributed by atoms with Gasteiger partial charge < -0.3 is 25.4 Å². The molecule has 2 aromatic heterocycles. The highest BCUT2D eigenvalue weighted by molar-refractivity contribution is 8.04. The summed E-state index contributed by atoms with van der Waals surface area (Å²) in [7, 11) is 2.11. The van der Waals surface area contributed by atoms with Gasteiger partial charge in [-0.3, -0.25) is 4.79 Å². The number of anilines is 1. The Morgan fingerprint density at radius 1 is 1.36 bits per heavy atom. The highest BCUT2D eigenvalue weighted by Gasteiger charge is 2.21. The summed E-state index contributed by atoms with van der Waals surface area (Å²) < 4.78 is 0. The Bertz CT molecular complexity index is 829. The fourth-order valence-corrected chi connectivity index (χ4v) is 4.35. The normalized spacial score (nSPS) is 20.1. The van der Waals surface area contributed by atoms with Gasteiger partial charge in [-0.15, -0.1) is 36.6 Å². The lowest BCUT2D eigenvalue weighted by molar-refractivity contribution is -0.117. The van der Waals surface area contributed by atoms with Crippen LogP contribution in [0.5, 0.6) is 0 Å². The number of nitrogens with zero attached hydrogens (tertiary/aromatic N) is 3. The highest BCUT2D eigenvalue weighted by Crippen LogP contribution is 2.30. The van der Waals surface area contributed by atoms with Crippen LogP contribution in [0.2, 0.25) is 0 Å². The van der Waals surface area contributed by atoms with Crippen LogP contribution >= 0.6 is 36.6 Å². The van der Waals surface area contributed by atoms with E-state index in [1.54, 1.807) is 18.0 Å². The van der Waals surface area contributed by atoms with Gasteiger partial charge in [-0.25, -0.2) is 4.98 Å².